The SMILES string of the molecule is C[C@@H](NC(=O)c1cc(C(=O)NCc2ccc3oc(=O)n(C)c3c2)n2c(=O)[nH]nc2n1)c1ccc(C(=O)O)cc1.C[C@@H](NC(=O)c1cc(C(=O)NCc2ccc3oc(=O)n(C)c3c2)nc2n[nH]c(=O)n12)c1ccc(C(=O)O)cc1. The van der Waals surface area contributed by atoms with Gasteiger partial charge < -0.3 is 40.3 Å². The second-order valence-corrected chi connectivity index (χ2v) is 17.4. The van der Waals surface area contributed by atoms with Crippen LogP contribution in [0.2, 0.25) is 0 Å². The summed E-state index contributed by atoms with van der Waals surface area (Å²) in [6.07, 6.45) is 0. The molecule has 78 heavy (non-hydrogen) atoms. The summed E-state index contributed by atoms with van der Waals surface area (Å²) >= 11 is 0. The smallest absolute Gasteiger partial charge is 0.419 e. The Balaban J connectivity index is 0.000000190. The van der Waals surface area contributed by atoms with Crippen LogP contribution in [0.25, 0.3) is 33.8 Å². The lowest BCUT2D eigenvalue weighted by molar-refractivity contribution is 0.0686. The van der Waals surface area contributed by atoms with Crippen LogP contribution < -0.4 is 44.2 Å². The monoisotopic (exact) mass is 1060 g/mol. The molecule has 0 fully saturated rings. The van der Waals surface area contributed by atoms with E-state index >= 15 is 0 Å². The largest absolute Gasteiger partial charge is 0.478 e. The molecule has 0 unspecified atom stereocenters. The van der Waals surface area contributed by atoms with Crippen LogP contribution >= 0.6 is 0 Å². The van der Waals surface area contributed by atoms with Crippen LogP contribution in [-0.4, -0.2) is 94.1 Å². The minimum Gasteiger partial charge on any atom is -0.478 e. The number of oxazole rings is 2. The van der Waals surface area contributed by atoms with Crippen LogP contribution in [0.4, 0.5) is 0 Å². The van der Waals surface area contributed by atoms with E-state index < -0.39 is 70.5 Å². The zero-order chi connectivity index (χ0) is 55.7. The number of benzene rings is 4. The summed E-state index contributed by atoms with van der Waals surface area (Å²) in [6.45, 7) is 3.52. The fraction of sp³-hybridized carbons (Fsp3) is 0.160. The first-order valence-corrected chi connectivity index (χ1v) is 23.2. The molecule has 0 spiro atoms. The molecular formula is C50H42N14O14. The van der Waals surface area contributed by atoms with E-state index in [0.29, 0.717) is 44.5 Å². The van der Waals surface area contributed by atoms with E-state index in [1.54, 1.807) is 88.6 Å². The van der Waals surface area contributed by atoms with Crippen molar-refractivity contribution in [1.29, 1.82) is 0 Å². The van der Waals surface area contributed by atoms with Gasteiger partial charge in [0.15, 0.2) is 11.2 Å². The zero-order valence-corrected chi connectivity index (χ0v) is 41.2. The maximum Gasteiger partial charge on any atom is 0.419 e. The first kappa shape index (κ1) is 51.8. The van der Waals surface area contributed by atoms with Crippen molar-refractivity contribution < 1.29 is 47.8 Å². The van der Waals surface area contributed by atoms with Gasteiger partial charge in [0.05, 0.1) is 34.2 Å². The Morgan fingerprint density at radius 3 is 1.37 bits per heavy atom. The van der Waals surface area contributed by atoms with E-state index in [1.807, 2.05) is 0 Å². The van der Waals surface area contributed by atoms with Gasteiger partial charge in [-0.05, 0) is 96.8 Å². The van der Waals surface area contributed by atoms with Gasteiger partial charge in [0.1, 0.15) is 22.8 Å². The highest BCUT2D eigenvalue weighted by atomic mass is 16.4. The summed E-state index contributed by atoms with van der Waals surface area (Å²) in [5.41, 5.74) is 2.69. The molecule has 4 amide bonds. The number of aromatic amines is 2. The van der Waals surface area contributed by atoms with Crippen molar-refractivity contribution in [2.45, 2.75) is 39.0 Å². The molecule has 0 aliphatic carbocycles. The van der Waals surface area contributed by atoms with E-state index in [1.165, 1.54) is 45.5 Å². The lowest BCUT2D eigenvalue weighted by Crippen LogP contribution is -2.32. The molecule has 0 bridgehead atoms. The fourth-order valence-corrected chi connectivity index (χ4v) is 8.04. The molecule has 28 heteroatoms. The number of carboxylic acids is 2. The number of rotatable bonds is 14. The van der Waals surface area contributed by atoms with E-state index in [-0.39, 0.29) is 58.5 Å². The van der Waals surface area contributed by atoms with Crippen molar-refractivity contribution in [1.82, 2.24) is 69.6 Å². The van der Waals surface area contributed by atoms with Gasteiger partial charge in [-0.1, -0.05) is 36.4 Å². The molecule has 396 valence electrons. The third-order valence-electron chi connectivity index (χ3n) is 12.3. The summed E-state index contributed by atoms with van der Waals surface area (Å²) in [5.74, 6) is -6.11. The number of carbonyl (C=O) groups is 6. The van der Waals surface area contributed by atoms with Crippen molar-refractivity contribution in [3.8, 4) is 0 Å². The Labute approximate surface area is 434 Å². The molecular weight excluding hydrogens is 1020 g/mol. The second kappa shape index (κ2) is 21.0. The standard InChI is InChI=1S/2C25H21N7O7/c1-12(14-4-6-15(7-5-14)22(35)36)27-20(33)16-10-18(32-23(28-16)29-30-24(32)37)21(34)26-11-13-3-8-19-17(9-13)31(2)25(38)39-19;1-12(14-4-6-15(7-5-14)22(35)36)27-21(34)18-10-16(28-23-29-30-24(37)32(18)23)20(33)26-11-13-3-8-19-17(9-13)31(2)25(38)39-19/h3-10,12H,11H2,1-2H3,(H,26,34)(H,27,33)(H,30,37)(H,35,36);3-10,12H,11H2,1-2H3,(H,26,33)(H,27,34)(H,30,37)(H,35,36)/t2*12-/m11/s1. The molecule has 0 radical (unpaired) electrons. The van der Waals surface area contributed by atoms with Crippen LogP contribution in [0.1, 0.15) is 111 Å². The second-order valence-electron chi connectivity index (χ2n) is 17.4. The maximum atomic E-state index is 13.2. The van der Waals surface area contributed by atoms with E-state index in [4.69, 9.17) is 19.0 Å². The van der Waals surface area contributed by atoms with Crippen molar-refractivity contribution >= 4 is 69.3 Å². The van der Waals surface area contributed by atoms with Crippen molar-refractivity contribution in [2.24, 2.45) is 14.1 Å². The molecule has 8 N–H and O–H groups in total. The predicted molar refractivity (Wildman–Crippen MR) is 271 cm³/mol. The first-order chi connectivity index (χ1) is 37.2. The Morgan fingerprint density at radius 2 is 0.936 bits per heavy atom. The third-order valence-corrected chi connectivity index (χ3v) is 12.3. The number of aryl methyl sites for hydroxylation is 2. The predicted octanol–water partition coefficient (Wildman–Crippen LogP) is 1.96. The summed E-state index contributed by atoms with van der Waals surface area (Å²) < 4.78 is 14.8. The number of aromatic carboxylic acids is 2. The van der Waals surface area contributed by atoms with Gasteiger partial charge in [0.25, 0.3) is 35.2 Å². The molecule has 0 saturated heterocycles. The average Bonchev–Trinajstić information content (AvgIpc) is 4.24. The fourth-order valence-electron chi connectivity index (χ4n) is 8.04. The topological polar surface area (TPSA) is 387 Å². The first-order valence-electron chi connectivity index (χ1n) is 23.2. The maximum absolute atomic E-state index is 13.2. The summed E-state index contributed by atoms with van der Waals surface area (Å²) in [7, 11) is 3.13. The minimum absolute atomic E-state index is 0.0511. The molecule has 6 heterocycles. The molecule has 0 aliphatic rings. The number of hydrogen-bond acceptors (Lipinski definition) is 16. The molecule has 2 atom stereocenters. The Morgan fingerprint density at radius 1 is 0.538 bits per heavy atom. The van der Waals surface area contributed by atoms with Crippen molar-refractivity contribution in [3.05, 3.63) is 195 Å². The van der Waals surface area contributed by atoms with Gasteiger partial charge in [-0.3, -0.25) is 28.3 Å². The number of hydrogen-bond donors (Lipinski definition) is 8. The molecule has 10 aromatic rings. The van der Waals surface area contributed by atoms with Gasteiger partial charge >= 0.3 is 34.8 Å². The molecule has 28 nitrogen and oxygen atoms in total. The molecule has 0 aliphatic heterocycles. The number of aromatic nitrogens is 10. The van der Waals surface area contributed by atoms with Gasteiger partial charge in [-0.15, -0.1) is 10.2 Å². The number of carbonyl (C=O) groups excluding carboxylic acids is 4. The van der Waals surface area contributed by atoms with Crippen LogP contribution in [0.15, 0.2) is 125 Å². The van der Waals surface area contributed by atoms with E-state index in [9.17, 15) is 47.9 Å². The van der Waals surface area contributed by atoms with Crippen LogP contribution in [0.5, 0.6) is 0 Å². The number of carboxylic acid groups (broad SMARTS) is 2. The van der Waals surface area contributed by atoms with Gasteiger partial charge in [-0.25, -0.2) is 57.7 Å². The highest BCUT2D eigenvalue weighted by Gasteiger charge is 2.24. The van der Waals surface area contributed by atoms with Crippen LogP contribution in [-0.2, 0) is 27.2 Å². The molecule has 6 aromatic heterocycles. The summed E-state index contributed by atoms with van der Waals surface area (Å²) in [5, 5.41) is 41.0. The normalized spacial score (nSPS) is 11.9. The molecule has 10 rings (SSSR count). The van der Waals surface area contributed by atoms with Gasteiger partial charge in [0, 0.05) is 27.2 Å². The average molecular weight is 1060 g/mol. The van der Waals surface area contributed by atoms with Crippen molar-refractivity contribution in [2.75, 3.05) is 0 Å². The van der Waals surface area contributed by atoms with Crippen molar-refractivity contribution in [3.63, 3.8) is 0 Å². The zero-order valence-electron chi connectivity index (χ0n) is 41.2. The molecule has 0 saturated carbocycles. The number of fused-ring (bicyclic) bond motifs is 4. The van der Waals surface area contributed by atoms with E-state index in [0.717, 1.165) is 8.80 Å². The summed E-state index contributed by atoms with van der Waals surface area (Å²) in [6, 6.07) is 23.2. The quantitative estimate of drug-likeness (QED) is 0.0771. The van der Waals surface area contributed by atoms with Crippen LogP contribution in [0.3, 0.4) is 0 Å². The Bertz CT molecular complexity index is 4310. The molecule has 4 aromatic carbocycles. The Kier molecular flexibility index (Phi) is 14.0. The van der Waals surface area contributed by atoms with Gasteiger partial charge in [0.2, 0.25) is 0 Å². The highest BCUT2D eigenvalue weighted by molar-refractivity contribution is 5.99. The minimum atomic E-state index is -1.07. The number of amides is 4. The lowest BCUT2D eigenvalue weighted by atomic mass is 10.1. The Hall–Kier alpha value is -11.1. The number of H-pyrrole nitrogens is 2. The third kappa shape index (κ3) is 10.5. The highest BCUT2D eigenvalue weighted by Crippen LogP contribution is 2.19. The van der Waals surface area contributed by atoms with Gasteiger partial charge in [-0.2, -0.15) is 0 Å². The number of nitrogens with zero attached hydrogens (tertiary/aromatic N) is 8. The van der Waals surface area contributed by atoms with E-state index in [2.05, 4.69) is 51.6 Å². The van der Waals surface area contributed by atoms with Crippen LogP contribution in [0, 0.1) is 0 Å². The summed E-state index contributed by atoms with van der Waals surface area (Å²) in [4.78, 5) is 131. The lowest BCUT2D eigenvalue weighted by Gasteiger charge is -2.15. The number of nitrogens with one attached hydrogen (secondary N) is 6.